The van der Waals surface area contributed by atoms with Crippen LogP contribution in [0.1, 0.15) is 32.7 Å². The van der Waals surface area contributed by atoms with Crippen molar-refractivity contribution in [2.24, 2.45) is 7.05 Å². The summed E-state index contributed by atoms with van der Waals surface area (Å²) in [4.78, 5) is 12.2. The Morgan fingerprint density at radius 3 is 2.57 bits per heavy atom. The van der Waals surface area contributed by atoms with Crippen molar-refractivity contribution in [1.29, 1.82) is 0 Å². The van der Waals surface area contributed by atoms with E-state index in [-0.39, 0.29) is 6.61 Å². The van der Waals surface area contributed by atoms with Crippen LogP contribution in [0.25, 0.3) is 0 Å². The first-order chi connectivity index (χ1) is 9.81. The molecule has 0 aliphatic carbocycles. The molecular formula is C15H18ClN3O2. The molecule has 0 spiro atoms. The van der Waals surface area contributed by atoms with Gasteiger partial charge < -0.3 is 10.5 Å². The van der Waals surface area contributed by atoms with Crippen LogP contribution in [0.3, 0.4) is 0 Å². The van der Waals surface area contributed by atoms with Crippen LogP contribution in [0.5, 0.6) is 0 Å². The summed E-state index contributed by atoms with van der Waals surface area (Å²) in [5.41, 5.74) is 10.1. The second-order valence-electron chi connectivity index (χ2n) is 5.08. The second kappa shape index (κ2) is 5.77. The Balaban J connectivity index is 2.17. The molecule has 1 aromatic heterocycles. The van der Waals surface area contributed by atoms with Gasteiger partial charge in [0, 0.05) is 18.3 Å². The standard InChI is InChI=1S/C15H18ClN3O2/c1-8-5-9(2)13(17)6-11(8)15(20)21-7-12-10(3)18-19(4)14(12)16/h5-6H,7,17H2,1-4H3. The molecule has 2 rings (SSSR count). The van der Waals surface area contributed by atoms with E-state index < -0.39 is 5.97 Å². The van der Waals surface area contributed by atoms with Gasteiger partial charge in [-0.3, -0.25) is 4.68 Å². The van der Waals surface area contributed by atoms with Gasteiger partial charge in [0.2, 0.25) is 0 Å². The largest absolute Gasteiger partial charge is 0.457 e. The Bertz CT molecular complexity index is 707. The Hall–Kier alpha value is -2.01. The first-order valence-electron chi connectivity index (χ1n) is 6.53. The average molecular weight is 308 g/mol. The van der Waals surface area contributed by atoms with Gasteiger partial charge >= 0.3 is 5.97 Å². The first kappa shape index (κ1) is 15.4. The number of ether oxygens (including phenoxy) is 1. The molecule has 0 aliphatic heterocycles. The van der Waals surface area contributed by atoms with E-state index in [0.29, 0.717) is 22.0 Å². The minimum atomic E-state index is -0.418. The zero-order valence-electron chi connectivity index (χ0n) is 12.5. The van der Waals surface area contributed by atoms with Crippen molar-refractivity contribution in [1.82, 2.24) is 9.78 Å². The number of nitrogens with two attached hydrogens (primary N) is 1. The number of benzene rings is 1. The fraction of sp³-hybridized carbons (Fsp3) is 0.333. The molecule has 0 amide bonds. The van der Waals surface area contributed by atoms with Gasteiger partial charge in [-0.05, 0) is 38.0 Å². The maximum atomic E-state index is 12.2. The summed E-state index contributed by atoms with van der Waals surface area (Å²) in [5, 5.41) is 4.65. The van der Waals surface area contributed by atoms with Crippen LogP contribution in [-0.2, 0) is 18.4 Å². The minimum Gasteiger partial charge on any atom is -0.457 e. The van der Waals surface area contributed by atoms with Gasteiger partial charge in [0.25, 0.3) is 0 Å². The molecule has 0 saturated carbocycles. The third kappa shape index (κ3) is 3.03. The van der Waals surface area contributed by atoms with Crippen molar-refractivity contribution >= 4 is 23.3 Å². The Labute approximate surface area is 128 Å². The lowest BCUT2D eigenvalue weighted by atomic mass is 10.0. The third-order valence-electron chi connectivity index (χ3n) is 3.45. The molecule has 0 atom stereocenters. The Morgan fingerprint density at radius 2 is 2.00 bits per heavy atom. The van der Waals surface area contributed by atoms with Crippen LogP contribution in [-0.4, -0.2) is 15.7 Å². The smallest absolute Gasteiger partial charge is 0.338 e. The zero-order valence-corrected chi connectivity index (χ0v) is 13.3. The lowest BCUT2D eigenvalue weighted by Gasteiger charge is -2.10. The molecule has 1 heterocycles. The quantitative estimate of drug-likeness (QED) is 0.699. The molecule has 0 radical (unpaired) electrons. The second-order valence-corrected chi connectivity index (χ2v) is 5.44. The summed E-state index contributed by atoms with van der Waals surface area (Å²) in [7, 11) is 1.74. The van der Waals surface area contributed by atoms with E-state index >= 15 is 0 Å². The van der Waals surface area contributed by atoms with Crippen molar-refractivity contribution < 1.29 is 9.53 Å². The predicted molar refractivity (Wildman–Crippen MR) is 82.4 cm³/mol. The van der Waals surface area contributed by atoms with Crippen LogP contribution in [0, 0.1) is 20.8 Å². The number of aromatic nitrogens is 2. The predicted octanol–water partition coefficient (Wildman–Crippen LogP) is 2.94. The van der Waals surface area contributed by atoms with Crippen molar-refractivity contribution in [3.05, 3.63) is 45.2 Å². The molecule has 0 unspecified atom stereocenters. The van der Waals surface area contributed by atoms with E-state index in [4.69, 9.17) is 22.1 Å². The number of carbonyl (C=O) groups excluding carboxylic acids is 1. The van der Waals surface area contributed by atoms with Crippen molar-refractivity contribution in [3.8, 4) is 0 Å². The Kier molecular flexibility index (Phi) is 4.23. The van der Waals surface area contributed by atoms with Crippen LogP contribution in [0.2, 0.25) is 5.15 Å². The number of rotatable bonds is 3. The first-order valence-corrected chi connectivity index (χ1v) is 6.91. The number of anilines is 1. The molecule has 1 aromatic carbocycles. The highest BCUT2D eigenvalue weighted by molar-refractivity contribution is 6.30. The van der Waals surface area contributed by atoms with E-state index in [9.17, 15) is 4.79 Å². The summed E-state index contributed by atoms with van der Waals surface area (Å²) >= 11 is 6.11. The highest BCUT2D eigenvalue weighted by Crippen LogP contribution is 2.22. The fourth-order valence-corrected chi connectivity index (χ4v) is 2.37. The molecule has 0 saturated heterocycles. The zero-order chi connectivity index (χ0) is 15.7. The van der Waals surface area contributed by atoms with Crippen LogP contribution in [0.15, 0.2) is 12.1 Å². The van der Waals surface area contributed by atoms with Gasteiger partial charge in [-0.25, -0.2) is 4.79 Å². The van der Waals surface area contributed by atoms with Crippen LogP contribution >= 0.6 is 11.6 Å². The lowest BCUT2D eigenvalue weighted by Crippen LogP contribution is -2.09. The molecule has 0 bridgehead atoms. The van der Waals surface area contributed by atoms with Gasteiger partial charge in [0.15, 0.2) is 0 Å². The van der Waals surface area contributed by atoms with Gasteiger partial charge in [0.05, 0.1) is 11.3 Å². The molecule has 112 valence electrons. The summed E-state index contributed by atoms with van der Waals surface area (Å²) in [5.74, 6) is -0.418. The molecular weight excluding hydrogens is 290 g/mol. The molecule has 2 N–H and O–H groups in total. The maximum Gasteiger partial charge on any atom is 0.338 e. The number of nitrogens with zero attached hydrogens (tertiary/aromatic N) is 2. The molecule has 2 aromatic rings. The number of esters is 1. The number of nitrogen functional groups attached to an aromatic ring is 1. The molecule has 5 nitrogen and oxygen atoms in total. The number of hydrogen-bond donors (Lipinski definition) is 1. The molecule has 0 fully saturated rings. The van der Waals surface area contributed by atoms with Crippen molar-refractivity contribution in [2.45, 2.75) is 27.4 Å². The van der Waals surface area contributed by atoms with Crippen molar-refractivity contribution in [3.63, 3.8) is 0 Å². The van der Waals surface area contributed by atoms with Crippen LogP contribution in [0.4, 0.5) is 5.69 Å². The fourth-order valence-electron chi connectivity index (χ4n) is 2.14. The van der Waals surface area contributed by atoms with Gasteiger partial charge in [-0.15, -0.1) is 0 Å². The number of halogens is 1. The number of hydrogen-bond acceptors (Lipinski definition) is 4. The molecule has 0 aliphatic rings. The van der Waals surface area contributed by atoms with Crippen LogP contribution < -0.4 is 5.73 Å². The SMILES string of the molecule is Cc1cc(C)c(C(=O)OCc2c(C)nn(C)c2Cl)cc1N. The summed E-state index contributed by atoms with van der Waals surface area (Å²) in [6, 6.07) is 3.51. The lowest BCUT2D eigenvalue weighted by molar-refractivity contribution is 0.0471. The highest BCUT2D eigenvalue weighted by Gasteiger charge is 2.16. The van der Waals surface area contributed by atoms with E-state index in [1.54, 1.807) is 17.8 Å². The highest BCUT2D eigenvalue weighted by atomic mass is 35.5. The monoisotopic (exact) mass is 307 g/mol. The number of aryl methyl sites for hydroxylation is 4. The number of carbonyl (C=O) groups is 1. The van der Waals surface area contributed by atoms with Gasteiger partial charge in [-0.1, -0.05) is 17.7 Å². The van der Waals surface area contributed by atoms with E-state index in [2.05, 4.69) is 5.10 Å². The molecule has 6 heteroatoms. The van der Waals surface area contributed by atoms with Crippen molar-refractivity contribution in [2.75, 3.05) is 5.73 Å². The Morgan fingerprint density at radius 1 is 1.33 bits per heavy atom. The summed E-state index contributed by atoms with van der Waals surface area (Å²) in [6.45, 7) is 5.66. The van der Waals surface area contributed by atoms with E-state index in [0.717, 1.165) is 16.8 Å². The van der Waals surface area contributed by atoms with E-state index in [1.165, 1.54) is 0 Å². The molecule has 21 heavy (non-hydrogen) atoms. The minimum absolute atomic E-state index is 0.0879. The van der Waals surface area contributed by atoms with Gasteiger partial charge in [-0.2, -0.15) is 5.10 Å². The summed E-state index contributed by atoms with van der Waals surface area (Å²) in [6.07, 6.45) is 0. The maximum absolute atomic E-state index is 12.2. The normalized spacial score (nSPS) is 10.7. The van der Waals surface area contributed by atoms with Gasteiger partial charge in [0.1, 0.15) is 11.8 Å². The van der Waals surface area contributed by atoms with E-state index in [1.807, 2.05) is 26.8 Å². The summed E-state index contributed by atoms with van der Waals surface area (Å²) < 4.78 is 6.88. The average Bonchev–Trinajstić information content (AvgIpc) is 2.65. The topological polar surface area (TPSA) is 70.1 Å². The third-order valence-corrected chi connectivity index (χ3v) is 3.92.